The zero-order valence-corrected chi connectivity index (χ0v) is 16.6. The number of carbonyl (C=O) groups is 1. The van der Waals surface area contributed by atoms with E-state index in [4.69, 9.17) is 0 Å². The number of likely N-dealkylation sites (N-methyl/N-ethyl adjacent to an activating group) is 2. The summed E-state index contributed by atoms with van der Waals surface area (Å²) < 4.78 is 0. The SMILES string of the molecule is CCN1CCCC1CN(C)C(=O)CC(C)C1CCCNC1.Cl.Cl. The Labute approximate surface area is 154 Å². The second-order valence-corrected chi connectivity index (χ2v) is 6.99. The molecular weight excluding hydrogens is 333 g/mol. The Bertz CT molecular complexity index is 338. The van der Waals surface area contributed by atoms with Gasteiger partial charge < -0.3 is 10.2 Å². The molecule has 0 saturated carbocycles. The molecule has 6 heteroatoms. The van der Waals surface area contributed by atoms with Gasteiger partial charge in [-0.15, -0.1) is 24.8 Å². The summed E-state index contributed by atoms with van der Waals surface area (Å²) in [5.74, 6) is 1.50. The summed E-state index contributed by atoms with van der Waals surface area (Å²) in [5.41, 5.74) is 0. The number of rotatable bonds is 6. The van der Waals surface area contributed by atoms with Gasteiger partial charge in [0.1, 0.15) is 0 Å². The summed E-state index contributed by atoms with van der Waals surface area (Å²) in [5, 5.41) is 3.46. The van der Waals surface area contributed by atoms with Gasteiger partial charge in [0.2, 0.25) is 5.91 Å². The van der Waals surface area contributed by atoms with Crippen molar-refractivity contribution < 1.29 is 4.79 Å². The summed E-state index contributed by atoms with van der Waals surface area (Å²) in [4.78, 5) is 17.0. The lowest BCUT2D eigenvalue weighted by molar-refractivity contribution is -0.131. The number of piperidine rings is 1. The van der Waals surface area contributed by atoms with E-state index in [0.29, 0.717) is 30.2 Å². The molecule has 2 saturated heterocycles. The first-order valence-corrected chi connectivity index (χ1v) is 8.80. The van der Waals surface area contributed by atoms with Crippen LogP contribution in [0.1, 0.15) is 46.0 Å². The van der Waals surface area contributed by atoms with Crippen molar-refractivity contribution >= 4 is 30.7 Å². The summed E-state index contributed by atoms with van der Waals surface area (Å²) >= 11 is 0. The standard InChI is InChI=1S/C17H33N3O.2ClH/c1-4-20-10-6-8-16(20)13-19(3)17(21)11-14(2)15-7-5-9-18-12-15;;/h14-16,18H,4-13H2,1-3H3;2*1H. The van der Waals surface area contributed by atoms with Gasteiger partial charge in [-0.3, -0.25) is 9.69 Å². The lowest BCUT2D eigenvalue weighted by Crippen LogP contribution is -2.42. The largest absolute Gasteiger partial charge is 0.344 e. The van der Waals surface area contributed by atoms with Crippen LogP contribution in [0.2, 0.25) is 0 Å². The fraction of sp³-hybridized carbons (Fsp3) is 0.941. The maximum atomic E-state index is 12.5. The highest BCUT2D eigenvalue weighted by molar-refractivity contribution is 5.85. The lowest BCUT2D eigenvalue weighted by atomic mass is 9.85. The molecule has 1 N–H and O–H groups in total. The van der Waals surface area contributed by atoms with Crippen molar-refractivity contribution in [1.82, 2.24) is 15.1 Å². The molecule has 23 heavy (non-hydrogen) atoms. The molecule has 0 spiro atoms. The van der Waals surface area contributed by atoms with Gasteiger partial charge in [-0.25, -0.2) is 0 Å². The second kappa shape index (κ2) is 11.5. The number of hydrogen-bond donors (Lipinski definition) is 1. The molecule has 0 bridgehead atoms. The number of nitrogens with one attached hydrogen (secondary N) is 1. The normalized spacial score (nSPS) is 26.0. The van der Waals surface area contributed by atoms with Gasteiger partial charge in [0.05, 0.1) is 0 Å². The van der Waals surface area contributed by atoms with Crippen molar-refractivity contribution in [1.29, 1.82) is 0 Å². The Kier molecular flexibility index (Phi) is 11.5. The molecule has 2 rings (SSSR count). The van der Waals surface area contributed by atoms with E-state index in [1.165, 1.54) is 32.2 Å². The van der Waals surface area contributed by atoms with Crippen LogP contribution in [-0.4, -0.2) is 61.5 Å². The fourth-order valence-corrected chi connectivity index (χ4v) is 3.90. The van der Waals surface area contributed by atoms with Crippen LogP contribution < -0.4 is 5.32 Å². The van der Waals surface area contributed by atoms with Crippen molar-refractivity contribution in [2.45, 2.75) is 52.0 Å². The molecule has 0 aromatic heterocycles. The van der Waals surface area contributed by atoms with Gasteiger partial charge >= 0.3 is 0 Å². The monoisotopic (exact) mass is 367 g/mol. The number of hydrogen-bond acceptors (Lipinski definition) is 3. The minimum absolute atomic E-state index is 0. The molecule has 2 heterocycles. The van der Waals surface area contributed by atoms with Crippen LogP contribution in [0.15, 0.2) is 0 Å². The molecule has 138 valence electrons. The van der Waals surface area contributed by atoms with Crippen molar-refractivity contribution in [2.24, 2.45) is 11.8 Å². The zero-order valence-electron chi connectivity index (χ0n) is 14.9. The van der Waals surface area contributed by atoms with Crippen molar-refractivity contribution in [3.05, 3.63) is 0 Å². The van der Waals surface area contributed by atoms with E-state index in [1.54, 1.807) is 0 Å². The number of nitrogens with zero attached hydrogens (tertiary/aromatic N) is 2. The number of halogens is 2. The third-order valence-electron chi connectivity index (χ3n) is 5.45. The summed E-state index contributed by atoms with van der Waals surface area (Å²) in [6, 6.07) is 0.579. The molecule has 2 aliphatic heterocycles. The molecule has 0 radical (unpaired) electrons. The highest BCUT2D eigenvalue weighted by Gasteiger charge is 2.27. The number of amides is 1. The van der Waals surface area contributed by atoms with Crippen LogP contribution in [-0.2, 0) is 4.79 Å². The van der Waals surface area contributed by atoms with Crippen molar-refractivity contribution in [3.8, 4) is 0 Å². The Morgan fingerprint density at radius 1 is 1.30 bits per heavy atom. The fourth-order valence-electron chi connectivity index (χ4n) is 3.90. The molecule has 1 amide bonds. The van der Waals surface area contributed by atoms with Crippen LogP contribution in [0.25, 0.3) is 0 Å². The highest BCUT2D eigenvalue weighted by Crippen LogP contribution is 2.23. The molecule has 0 aliphatic carbocycles. The predicted molar refractivity (Wildman–Crippen MR) is 102 cm³/mol. The molecular formula is C17H35Cl2N3O. The molecule has 0 aromatic carbocycles. The van der Waals surface area contributed by atoms with Crippen LogP contribution in [0.3, 0.4) is 0 Å². The number of likely N-dealkylation sites (tertiary alicyclic amines) is 1. The zero-order chi connectivity index (χ0) is 15.2. The first-order valence-electron chi connectivity index (χ1n) is 8.80. The minimum atomic E-state index is 0. The minimum Gasteiger partial charge on any atom is -0.344 e. The summed E-state index contributed by atoms with van der Waals surface area (Å²) in [7, 11) is 1.99. The average molecular weight is 368 g/mol. The van der Waals surface area contributed by atoms with E-state index < -0.39 is 0 Å². The van der Waals surface area contributed by atoms with E-state index >= 15 is 0 Å². The van der Waals surface area contributed by atoms with Gasteiger partial charge in [-0.2, -0.15) is 0 Å². The van der Waals surface area contributed by atoms with E-state index in [1.807, 2.05) is 11.9 Å². The molecule has 4 nitrogen and oxygen atoms in total. The van der Waals surface area contributed by atoms with Crippen LogP contribution in [0, 0.1) is 11.8 Å². The van der Waals surface area contributed by atoms with E-state index in [9.17, 15) is 4.79 Å². The van der Waals surface area contributed by atoms with E-state index in [0.717, 1.165) is 26.2 Å². The average Bonchev–Trinajstić information content (AvgIpc) is 2.95. The third kappa shape index (κ3) is 6.77. The molecule has 3 unspecified atom stereocenters. The Morgan fingerprint density at radius 2 is 2.04 bits per heavy atom. The second-order valence-electron chi connectivity index (χ2n) is 6.99. The first kappa shape index (κ1) is 23.0. The molecule has 2 fully saturated rings. The van der Waals surface area contributed by atoms with Crippen molar-refractivity contribution in [3.63, 3.8) is 0 Å². The molecule has 2 aliphatic rings. The maximum Gasteiger partial charge on any atom is 0.222 e. The summed E-state index contributed by atoms with van der Waals surface area (Å²) in [6.45, 7) is 9.91. The van der Waals surface area contributed by atoms with Crippen LogP contribution in [0.5, 0.6) is 0 Å². The van der Waals surface area contributed by atoms with Crippen LogP contribution >= 0.6 is 24.8 Å². The van der Waals surface area contributed by atoms with Gasteiger partial charge in [0.15, 0.2) is 0 Å². The Morgan fingerprint density at radius 3 is 2.65 bits per heavy atom. The molecule has 3 atom stereocenters. The Balaban J connectivity index is 0.00000242. The predicted octanol–water partition coefficient (Wildman–Crippen LogP) is 2.80. The quantitative estimate of drug-likeness (QED) is 0.783. The highest BCUT2D eigenvalue weighted by atomic mass is 35.5. The van der Waals surface area contributed by atoms with E-state index in [2.05, 4.69) is 24.1 Å². The van der Waals surface area contributed by atoms with Gasteiger partial charge in [0.25, 0.3) is 0 Å². The number of carbonyl (C=O) groups excluding carboxylic acids is 1. The van der Waals surface area contributed by atoms with Gasteiger partial charge in [-0.1, -0.05) is 13.8 Å². The lowest BCUT2D eigenvalue weighted by Gasteiger charge is -2.31. The summed E-state index contributed by atoms with van der Waals surface area (Å²) in [6.07, 6.45) is 5.77. The Hall–Kier alpha value is -0.0300. The van der Waals surface area contributed by atoms with Gasteiger partial charge in [0, 0.05) is 26.1 Å². The molecule has 0 aromatic rings. The van der Waals surface area contributed by atoms with E-state index in [-0.39, 0.29) is 24.8 Å². The first-order chi connectivity index (χ1) is 10.1. The maximum absolute atomic E-state index is 12.5. The smallest absolute Gasteiger partial charge is 0.222 e. The van der Waals surface area contributed by atoms with Gasteiger partial charge in [-0.05, 0) is 63.7 Å². The van der Waals surface area contributed by atoms with Crippen LogP contribution in [0.4, 0.5) is 0 Å². The topological polar surface area (TPSA) is 35.6 Å². The van der Waals surface area contributed by atoms with Crippen molar-refractivity contribution in [2.75, 3.05) is 39.8 Å². The third-order valence-corrected chi connectivity index (χ3v) is 5.45.